The minimum absolute atomic E-state index is 0.244. The van der Waals surface area contributed by atoms with Gasteiger partial charge in [-0.2, -0.15) is 0 Å². The van der Waals surface area contributed by atoms with E-state index in [4.69, 9.17) is 0 Å². The van der Waals surface area contributed by atoms with Crippen molar-refractivity contribution in [2.45, 2.75) is 45.6 Å². The fraction of sp³-hybridized carbons (Fsp3) is 0.276. The summed E-state index contributed by atoms with van der Waals surface area (Å²) in [6.45, 7) is 3.62. The molecule has 4 aromatic rings. The molecule has 0 saturated carbocycles. The standard InChI is InChI=1S/C29H28N4O3/c1-17-12-24(18(2)33(17)22-11-10-19-6-5-7-20(19)13-22)27(34)16-32-28(35)26(31-29(32)36)14-21-15-30-25-9-4-3-8-23(21)25/h3-4,8-13,15,26,30H,5-7,14,16H2,1-2H3,(H,31,36)/t26-/m1/s1. The predicted octanol–water partition coefficient (Wildman–Crippen LogP) is 4.41. The van der Waals surface area contributed by atoms with Crippen molar-refractivity contribution in [1.82, 2.24) is 19.8 Å². The molecule has 3 heterocycles. The zero-order chi connectivity index (χ0) is 25.0. The molecule has 2 N–H and O–H groups in total. The molecule has 3 amide bonds. The van der Waals surface area contributed by atoms with E-state index in [1.54, 1.807) is 0 Å². The Morgan fingerprint density at radius 1 is 1.03 bits per heavy atom. The molecule has 0 unspecified atom stereocenters. The van der Waals surface area contributed by atoms with Crippen LogP contribution in [0.1, 0.15) is 44.9 Å². The molecule has 1 aliphatic carbocycles. The number of aromatic amines is 1. The van der Waals surface area contributed by atoms with E-state index in [1.165, 1.54) is 17.5 Å². The molecule has 182 valence electrons. The van der Waals surface area contributed by atoms with Gasteiger partial charge in [0, 0.05) is 46.2 Å². The lowest BCUT2D eigenvalue weighted by molar-refractivity contribution is -0.127. The summed E-state index contributed by atoms with van der Waals surface area (Å²) in [5.74, 6) is -0.613. The third kappa shape index (κ3) is 3.63. The van der Waals surface area contributed by atoms with E-state index in [0.717, 1.165) is 51.3 Å². The van der Waals surface area contributed by atoms with E-state index >= 15 is 0 Å². The number of Topliss-reactive ketones (excluding diaryl/α,β-unsaturated/α-hetero) is 1. The first-order valence-corrected chi connectivity index (χ1v) is 12.4. The lowest BCUT2D eigenvalue weighted by Gasteiger charge is -2.14. The summed E-state index contributed by atoms with van der Waals surface area (Å²) in [7, 11) is 0. The number of H-pyrrole nitrogens is 1. The molecular formula is C29H28N4O3. The summed E-state index contributed by atoms with van der Waals surface area (Å²) in [5, 5.41) is 3.78. The highest BCUT2D eigenvalue weighted by molar-refractivity contribution is 6.09. The number of hydrogen-bond acceptors (Lipinski definition) is 3. The van der Waals surface area contributed by atoms with E-state index in [9.17, 15) is 14.4 Å². The second-order valence-corrected chi connectivity index (χ2v) is 9.84. The second kappa shape index (κ2) is 8.52. The number of nitrogens with zero attached hydrogens (tertiary/aromatic N) is 2. The molecule has 1 saturated heterocycles. The minimum atomic E-state index is -0.691. The summed E-state index contributed by atoms with van der Waals surface area (Å²) >= 11 is 0. The van der Waals surface area contributed by atoms with Crippen LogP contribution in [0.5, 0.6) is 0 Å². The Morgan fingerprint density at radius 2 is 1.83 bits per heavy atom. The number of hydrogen-bond donors (Lipinski definition) is 2. The zero-order valence-corrected chi connectivity index (χ0v) is 20.4. The Balaban J connectivity index is 1.21. The van der Waals surface area contributed by atoms with Crippen LogP contribution < -0.4 is 5.32 Å². The summed E-state index contributed by atoms with van der Waals surface area (Å²) in [6.07, 6.45) is 5.62. The van der Waals surface area contributed by atoms with Crippen LogP contribution in [0.15, 0.2) is 54.7 Å². The van der Waals surface area contributed by atoms with Crippen molar-refractivity contribution in [2.75, 3.05) is 6.54 Å². The van der Waals surface area contributed by atoms with Crippen LogP contribution in [0.2, 0.25) is 0 Å². The van der Waals surface area contributed by atoms with Gasteiger partial charge in [-0.3, -0.25) is 14.5 Å². The van der Waals surface area contributed by atoms with E-state index in [-0.39, 0.29) is 18.2 Å². The highest BCUT2D eigenvalue weighted by atomic mass is 16.2. The number of para-hydroxylation sites is 1. The Bertz CT molecular complexity index is 1540. The zero-order valence-electron chi connectivity index (χ0n) is 20.4. The summed E-state index contributed by atoms with van der Waals surface area (Å²) in [6, 6.07) is 15.0. The fourth-order valence-corrected chi connectivity index (χ4v) is 5.75. The Labute approximate surface area is 209 Å². The Morgan fingerprint density at radius 3 is 2.69 bits per heavy atom. The van der Waals surface area contributed by atoms with Crippen LogP contribution in [-0.2, 0) is 24.1 Å². The number of aromatic nitrogens is 2. The monoisotopic (exact) mass is 480 g/mol. The van der Waals surface area contributed by atoms with Crippen molar-refractivity contribution < 1.29 is 14.4 Å². The molecule has 0 bridgehead atoms. The number of aryl methyl sites for hydroxylation is 3. The highest BCUT2D eigenvalue weighted by Gasteiger charge is 2.39. The summed E-state index contributed by atoms with van der Waals surface area (Å²) in [4.78, 5) is 43.3. The first kappa shape index (κ1) is 22.3. The molecule has 1 atom stereocenters. The van der Waals surface area contributed by atoms with Gasteiger partial charge in [0.05, 0.1) is 6.54 Å². The SMILES string of the molecule is Cc1cc(C(=O)CN2C(=O)N[C@H](Cc3c[nH]c4ccccc34)C2=O)c(C)n1-c1ccc2c(c1)CCC2. The van der Waals surface area contributed by atoms with E-state index in [2.05, 4.69) is 33.1 Å². The van der Waals surface area contributed by atoms with Gasteiger partial charge in [-0.25, -0.2) is 4.79 Å². The van der Waals surface area contributed by atoms with Crippen LogP contribution in [0.3, 0.4) is 0 Å². The lowest BCUT2D eigenvalue weighted by Crippen LogP contribution is -2.36. The van der Waals surface area contributed by atoms with Crippen molar-refractivity contribution in [1.29, 1.82) is 0 Å². The van der Waals surface area contributed by atoms with Gasteiger partial charge in [-0.15, -0.1) is 0 Å². The third-order valence-corrected chi connectivity index (χ3v) is 7.58. The number of ketones is 1. The van der Waals surface area contributed by atoms with Crippen LogP contribution >= 0.6 is 0 Å². The molecule has 0 radical (unpaired) electrons. The number of rotatable bonds is 6. The van der Waals surface area contributed by atoms with Gasteiger partial charge < -0.3 is 14.9 Å². The molecule has 1 aliphatic heterocycles. The van der Waals surface area contributed by atoms with Crippen LogP contribution in [0.4, 0.5) is 4.79 Å². The summed E-state index contributed by atoms with van der Waals surface area (Å²) < 4.78 is 2.08. The number of urea groups is 1. The Hall–Kier alpha value is -4.13. The maximum atomic E-state index is 13.3. The Kier molecular flexibility index (Phi) is 5.29. The van der Waals surface area contributed by atoms with Crippen molar-refractivity contribution in [3.63, 3.8) is 0 Å². The molecule has 2 aliphatic rings. The van der Waals surface area contributed by atoms with Crippen molar-refractivity contribution in [3.05, 3.63) is 88.4 Å². The lowest BCUT2D eigenvalue weighted by atomic mass is 10.0. The van der Waals surface area contributed by atoms with E-state index in [0.29, 0.717) is 12.0 Å². The minimum Gasteiger partial charge on any atom is -0.361 e. The third-order valence-electron chi connectivity index (χ3n) is 7.58. The number of fused-ring (bicyclic) bond motifs is 2. The van der Waals surface area contributed by atoms with Crippen molar-refractivity contribution in [2.24, 2.45) is 0 Å². The number of benzene rings is 2. The second-order valence-electron chi connectivity index (χ2n) is 9.84. The normalized spacial score (nSPS) is 17.2. The molecule has 0 spiro atoms. The highest BCUT2D eigenvalue weighted by Crippen LogP contribution is 2.28. The smallest absolute Gasteiger partial charge is 0.325 e. The number of amides is 3. The fourth-order valence-electron chi connectivity index (χ4n) is 5.75. The van der Waals surface area contributed by atoms with Crippen LogP contribution in [0.25, 0.3) is 16.6 Å². The quantitative estimate of drug-likeness (QED) is 0.317. The number of imide groups is 1. The van der Waals surface area contributed by atoms with Gasteiger partial charge in [0.2, 0.25) is 0 Å². The van der Waals surface area contributed by atoms with Gasteiger partial charge in [-0.1, -0.05) is 24.3 Å². The molecular weight excluding hydrogens is 452 g/mol. The maximum absolute atomic E-state index is 13.3. The topological polar surface area (TPSA) is 87.2 Å². The van der Waals surface area contributed by atoms with E-state index < -0.39 is 12.1 Å². The van der Waals surface area contributed by atoms with Gasteiger partial charge in [0.25, 0.3) is 5.91 Å². The molecule has 7 nitrogen and oxygen atoms in total. The van der Waals surface area contributed by atoms with Crippen LogP contribution in [-0.4, -0.2) is 44.8 Å². The van der Waals surface area contributed by atoms with Gasteiger partial charge in [0.1, 0.15) is 6.04 Å². The van der Waals surface area contributed by atoms with Gasteiger partial charge in [0.15, 0.2) is 5.78 Å². The molecule has 7 heteroatoms. The maximum Gasteiger partial charge on any atom is 0.325 e. The van der Waals surface area contributed by atoms with Gasteiger partial charge in [-0.05, 0) is 74.1 Å². The van der Waals surface area contributed by atoms with Crippen molar-refractivity contribution in [3.8, 4) is 5.69 Å². The predicted molar refractivity (Wildman–Crippen MR) is 138 cm³/mol. The van der Waals surface area contributed by atoms with Crippen LogP contribution in [0, 0.1) is 13.8 Å². The number of carbonyl (C=O) groups excluding carboxylic acids is 3. The number of carbonyl (C=O) groups is 3. The average Bonchev–Trinajstić information content (AvgIpc) is 3.62. The van der Waals surface area contributed by atoms with Crippen molar-refractivity contribution >= 4 is 28.6 Å². The molecule has 36 heavy (non-hydrogen) atoms. The van der Waals surface area contributed by atoms with Gasteiger partial charge >= 0.3 is 6.03 Å². The molecule has 2 aromatic heterocycles. The van der Waals surface area contributed by atoms with E-state index in [1.807, 2.05) is 50.4 Å². The molecule has 1 fully saturated rings. The number of nitrogens with one attached hydrogen (secondary N) is 2. The first-order chi connectivity index (χ1) is 17.4. The summed E-state index contributed by atoms with van der Waals surface area (Å²) in [5.41, 5.74) is 8.05. The first-order valence-electron chi connectivity index (χ1n) is 12.4. The average molecular weight is 481 g/mol. The largest absolute Gasteiger partial charge is 0.361 e. The molecule has 6 rings (SSSR count). The molecule has 2 aromatic carbocycles.